The fraction of sp³-hybridized carbons (Fsp3) is 0. The lowest BCUT2D eigenvalue weighted by atomic mass is 11.6. The van der Waals surface area contributed by atoms with E-state index in [1.54, 1.807) is 11.1 Å². The number of hydrogen-bond acceptors (Lipinski definition) is 2. The van der Waals surface area contributed by atoms with E-state index in [1.165, 1.54) is 0 Å². The lowest BCUT2D eigenvalue weighted by Gasteiger charge is -1.69. The van der Waals surface area contributed by atoms with Crippen molar-refractivity contribution in [3.63, 3.8) is 0 Å². The molecule has 0 saturated carbocycles. The Morgan fingerprint density at radius 3 is 2.00 bits per heavy atom. The molecule has 1 rings (SSSR count). The van der Waals surface area contributed by atoms with Gasteiger partial charge < -0.3 is 0 Å². The van der Waals surface area contributed by atoms with Crippen LogP contribution in [0.4, 0.5) is 0 Å². The van der Waals surface area contributed by atoms with Crippen LogP contribution in [0.2, 0.25) is 0 Å². The highest BCUT2D eigenvalue weighted by Gasteiger charge is 1.81. The summed E-state index contributed by atoms with van der Waals surface area (Å²) in [6.45, 7) is 0. The molecule has 0 aromatic heterocycles. The van der Waals surface area contributed by atoms with Crippen LogP contribution in [0.25, 0.3) is 0 Å². The first-order chi connectivity index (χ1) is 2.89. The van der Waals surface area contributed by atoms with Gasteiger partial charge >= 0.3 is 0 Å². The van der Waals surface area contributed by atoms with Crippen LogP contribution in [0.1, 0.15) is 0 Å². The minimum Gasteiger partial charge on any atom is -0.152 e. The number of hydrogen-bond donors (Lipinski definition) is 0. The molecule has 32 valence electrons. The van der Waals surface area contributed by atoms with E-state index in [9.17, 15) is 0 Å². The third-order valence-corrected chi connectivity index (χ3v) is 1.16. The third kappa shape index (κ3) is 0.542. The molecule has 0 fully saturated rings. The number of nitrogens with zero attached hydrogens (tertiary/aromatic N) is 2. The third-order valence-electron chi connectivity index (χ3n) is 0.432. The van der Waals surface area contributed by atoms with Crippen LogP contribution >= 0.6 is 10.5 Å². The van der Waals surface area contributed by atoms with Crippen LogP contribution < -0.4 is 0 Å². The van der Waals surface area contributed by atoms with Crippen LogP contribution in [0.15, 0.2) is 10.2 Å². The molecule has 6 heavy (non-hydrogen) atoms. The molecule has 0 atom stereocenters. The molecule has 1 aliphatic rings. The lowest BCUT2D eigenvalue weighted by molar-refractivity contribution is 1.29. The molecule has 0 aliphatic carbocycles. The van der Waals surface area contributed by atoms with Crippen molar-refractivity contribution in [2.24, 2.45) is 10.2 Å². The second-order valence-electron chi connectivity index (χ2n) is 0.911. The molecule has 0 aromatic rings. The summed E-state index contributed by atoms with van der Waals surface area (Å²) in [6.07, 6.45) is 0. The van der Waals surface area contributed by atoms with Crippen molar-refractivity contribution < 1.29 is 0 Å². The van der Waals surface area contributed by atoms with E-state index >= 15 is 0 Å². The van der Waals surface area contributed by atoms with Crippen molar-refractivity contribution in [1.29, 1.82) is 0 Å². The maximum atomic E-state index is 3.67. The largest absolute Gasteiger partial charge is 0.152 e. The van der Waals surface area contributed by atoms with Gasteiger partial charge in [-0.05, 0) is 0 Å². The average molecular weight is 100 g/mol. The Hall–Kier alpha value is -0.440. The fourth-order valence-electron chi connectivity index (χ4n) is 0.203. The van der Waals surface area contributed by atoms with Gasteiger partial charge in [0.15, 0.2) is 0 Å². The average Bonchev–Trinajstić information content (AvgIpc) is 1.86. The minimum atomic E-state index is -0.00617. The molecule has 0 N–H and O–H groups in total. The highest BCUT2D eigenvalue weighted by Crippen LogP contribution is 2.03. The SMILES string of the molecule is C=S1C=NN=C1. The van der Waals surface area contributed by atoms with Crippen molar-refractivity contribution in [2.45, 2.75) is 0 Å². The zero-order chi connectivity index (χ0) is 4.41. The Morgan fingerprint density at radius 1 is 1.33 bits per heavy atom. The van der Waals surface area contributed by atoms with Gasteiger partial charge in [-0.25, -0.2) is 0 Å². The van der Waals surface area contributed by atoms with E-state index in [4.69, 9.17) is 0 Å². The highest BCUT2D eigenvalue weighted by atomic mass is 32.2. The Kier molecular flexibility index (Phi) is 0.837. The van der Waals surface area contributed by atoms with Crippen molar-refractivity contribution in [2.75, 3.05) is 0 Å². The van der Waals surface area contributed by atoms with Gasteiger partial charge in [-0.2, -0.15) is 10.2 Å². The van der Waals surface area contributed by atoms with Gasteiger partial charge in [0.2, 0.25) is 0 Å². The van der Waals surface area contributed by atoms with Crippen LogP contribution in [0, 0.1) is 0 Å². The van der Waals surface area contributed by atoms with Gasteiger partial charge in [-0.1, -0.05) is 5.87 Å². The fourth-order valence-corrected chi connectivity index (χ4v) is 0.608. The summed E-state index contributed by atoms with van der Waals surface area (Å²) in [7, 11) is -0.00617. The molecule has 3 heteroatoms. The molecule has 2 nitrogen and oxygen atoms in total. The predicted molar refractivity (Wildman–Crippen MR) is 31.7 cm³/mol. The van der Waals surface area contributed by atoms with Crippen molar-refractivity contribution >= 4 is 27.4 Å². The van der Waals surface area contributed by atoms with Gasteiger partial charge in [0.05, 0.1) is 11.1 Å². The monoisotopic (exact) mass is 100 g/mol. The summed E-state index contributed by atoms with van der Waals surface area (Å²) < 4.78 is 0. The highest BCUT2D eigenvalue weighted by molar-refractivity contribution is 8.36. The lowest BCUT2D eigenvalue weighted by Crippen LogP contribution is -1.56. The maximum absolute atomic E-state index is 3.67. The summed E-state index contributed by atoms with van der Waals surface area (Å²) in [5.74, 6) is 3.67. The van der Waals surface area contributed by atoms with Gasteiger partial charge in [0, 0.05) is 0 Å². The number of rotatable bonds is 0. The van der Waals surface area contributed by atoms with Crippen molar-refractivity contribution in [1.82, 2.24) is 0 Å². The van der Waals surface area contributed by atoms with Crippen LogP contribution in [-0.4, -0.2) is 17.0 Å². The van der Waals surface area contributed by atoms with Crippen LogP contribution in [0.3, 0.4) is 0 Å². The molecule has 1 aliphatic heterocycles. The van der Waals surface area contributed by atoms with Crippen LogP contribution in [-0.2, 0) is 0 Å². The Bertz CT molecular complexity index is 111. The van der Waals surface area contributed by atoms with Crippen molar-refractivity contribution in [3.05, 3.63) is 0 Å². The smallest absolute Gasteiger partial charge is 0.0818 e. The molecule has 0 saturated heterocycles. The van der Waals surface area contributed by atoms with E-state index in [0.717, 1.165) is 0 Å². The Morgan fingerprint density at radius 2 is 1.83 bits per heavy atom. The first kappa shape index (κ1) is 3.74. The summed E-state index contributed by atoms with van der Waals surface area (Å²) in [5.41, 5.74) is 3.44. The van der Waals surface area contributed by atoms with E-state index in [1.807, 2.05) is 0 Å². The van der Waals surface area contributed by atoms with E-state index in [0.29, 0.717) is 0 Å². The van der Waals surface area contributed by atoms with E-state index < -0.39 is 0 Å². The second-order valence-corrected chi connectivity index (χ2v) is 2.27. The quantitative estimate of drug-likeness (QED) is 0.400. The van der Waals surface area contributed by atoms with E-state index in [-0.39, 0.29) is 10.5 Å². The molecule has 0 bridgehead atoms. The molecule has 0 unspecified atom stereocenters. The summed E-state index contributed by atoms with van der Waals surface area (Å²) in [4.78, 5) is 0. The van der Waals surface area contributed by atoms with Gasteiger partial charge in [0.1, 0.15) is 0 Å². The van der Waals surface area contributed by atoms with Crippen molar-refractivity contribution in [3.8, 4) is 0 Å². The van der Waals surface area contributed by atoms with Gasteiger partial charge in [-0.3, -0.25) is 0 Å². The maximum Gasteiger partial charge on any atom is 0.0818 e. The predicted octanol–water partition coefficient (Wildman–Crippen LogP) is 0.672. The topological polar surface area (TPSA) is 24.7 Å². The first-order valence-electron chi connectivity index (χ1n) is 1.48. The summed E-state index contributed by atoms with van der Waals surface area (Å²) >= 11 is 0. The Labute approximate surface area is 38.5 Å². The normalized spacial score (nSPS) is 20.0. The molecule has 0 spiro atoms. The summed E-state index contributed by atoms with van der Waals surface area (Å²) in [5, 5.41) is 7.12. The van der Waals surface area contributed by atoms with Gasteiger partial charge in [0.25, 0.3) is 0 Å². The standard InChI is InChI=1S/C3H4N2S/c1-6-2-4-5-3-6/h2-3H,1H2. The molecule has 0 amide bonds. The minimum absolute atomic E-state index is 0.00617. The molecule has 0 radical (unpaired) electrons. The Balaban J connectivity index is 2.86. The zero-order valence-electron chi connectivity index (χ0n) is 3.16. The molecule has 0 aromatic carbocycles. The second kappa shape index (κ2) is 1.34. The molecular weight excluding hydrogens is 96.1 g/mol. The van der Waals surface area contributed by atoms with E-state index in [2.05, 4.69) is 16.1 Å². The first-order valence-corrected chi connectivity index (χ1v) is 3.00. The van der Waals surface area contributed by atoms with Crippen LogP contribution in [0.5, 0.6) is 0 Å². The van der Waals surface area contributed by atoms with Gasteiger partial charge in [-0.15, -0.1) is 10.5 Å². The molecular formula is C3H4N2S. The summed E-state index contributed by atoms with van der Waals surface area (Å²) in [6, 6.07) is 0. The zero-order valence-corrected chi connectivity index (χ0v) is 3.98. The molecule has 1 heterocycles.